The average molecular weight is 278 g/mol. The van der Waals surface area contributed by atoms with E-state index in [-0.39, 0.29) is 0 Å². The fourth-order valence-electron chi connectivity index (χ4n) is 3.06. The van der Waals surface area contributed by atoms with Crippen LogP contribution in [0.5, 0.6) is 0 Å². The Morgan fingerprint density at radius 2 is 2.15 bits per heavy atom. The van der Waals surface area contributed by atoms with E-state index in [0.717, 1.165) is 24.6 Å². The number of hydrogen-bond acceptors (Lipinski definition) is 3. The molecule has 1 saturated heterocycles. The third-order valence-electron chi connectivity index (χ3n) is 4.13. The molecule has 2 rings (SSSR count). The molecule has 0 unspecified atom stereocenters. The van der Waals surface area contributed by atoms with E-state index in [9.17, 15) is 0 Å². The van der Waals surface area contributed by atoms with Crippen LogP contribution < -0.4 is 5.32 Å². The Morgan fingerprint density at radius 1 is 1.40 bits per heavy atom. The van der Waals surface area contributed by atoms with Gasteiger partial charge in [0.25, 0.3) is 0 Å². The van der Waals surface area contributed by atoms with E-state index in [1.165, 1.54) is 31.5 Å². The maximum atomic E-state index is 5.87. The summed E-state index contributed by atoms with van der Waals surface area (Å²) in [6.45, 7) is 15.4. The molecule has 0 spiro atoms. The van der Waals surface area contributed by atoms with Gasteiger partial charge in [-0.05, 0) is 37.8 Å². The second-order valence-corrected chi connectivity index (χ2v) is 7.31. The smallest absolute Gasteiger partial charge is 0.118 e. The monoisotopic (exact) mass is 278 g/mol. The summed E-state index contributed by atoms with van der Waals surface area (Å²) >= 11 is 0. The van der Waals surface area contributed by atoms with Gasteiger partial charge < -0.3 is 9.73 Å². The van der Waals surface area contributed by atoms with E-state index >= 15 is 0 Å². The second-order valence-electron chi connectivity index (χ2n) is 7.31. The predicted molar refractivity (Wildman–Crippen MR) is 83.7 cm³/mol. The number of likely N-dealkylation sites (tertiary alicyclic amines) is 1. The molecule has 0 aromatic carbocycles. The van der Waals surface area contributed by atoms with Crippen molar-refractivity contribution in [2.75, 3.05) is 13.1 Å². The molecule has 1 aromatic rings. The minimum atomic E-state index is 0.456. The molecule has 0 amide bonds. The van der Waals surface area contributed by atoms with Crippen molar-refractivity contribution in [2.24, 2.45) is 5.41 Å². The zero-order chi connectivity index (χ0) is 14.8. The fourth-order valence-corrected chi connectivity index (χ4v) is 3.06. The highest BCUT2D eigenvalue weighted by molar-refractivity contribution is 5.21. The van der Waals surface area contributed by atoms with Crippen molar-refractivity contribution in [2.45, 2.75) is 66.6 Å². The predicted octanol–water partition coefficient (Wildman–Crippen LogP) is 3.71. The summed E-state index contributed by atoms with van der Waals surface area (Å²) in [5.41, 5.74) is 1.81. The molecule has 3 heteroatoms. The summed E-state index contributed by atoms with van der Waals surface area (Å²) in [5.74, 6) is 2.14. The van der Waals surface area contributed by atoms with Crippen molar-refractivity contribution >= 4 is 0 Å². The van der Waals surface area contributed by atoms with Gasteiger partial charge in [-0.1, -0.05) is 27.7 Å². The maximum absolute atomic E-state index is 5.87. The van der Waals surface area contributed by atoms with Gasteiger partial charge >= 0.3 is 0 Å². The average Bonchev–Trinajstić information content (AvgIpc) is 2.66. The SMILES string of the molecule is Cc1oc(CNC(C)C)cc1CN1CCCC(C)(C)C1. The van der Waals surface area contributed by atoms with Crippen LogP contribution in [0.4, 0.5) is 0 Å². The van der Waals surface area contributed by atoms with Crippen LogP contribution in [0, 0.1) is 12.3 Å². The number of aryl methyl sites for hydroxylation is 1. The van der Waals surface area contributed by atoms with E-state index < -0.39 is 0 Å². The van der Waals surface area contributed by atoms with Crippen LogP contribution >= 0.6 is 0 Å². The summed E-state index contributed by atoms with van der Waals surface area (Å²) in [7, 11) is 0. The molecule has 1 N–H and O–H groups in total. The summed E-state index contributed by atoms with van der Waals surface area (Å²) < 4.78 is 5.87. The van der Waals surface area contributed by atoms with Crippen LogP contribution in [0.2, 0.25) is 0 Å². The molecule has 0 atom stereocenters. The van der Waals surface area contributed by atoms with Gasteiger partial charge in [0.15, 0.2) is 0 Å². The van der Waals surface area contributed by atoms with Crippen LogP contribution in [0.1, 0.15) is 57.6 Å². The van der Waals surface area contributed by atoms with Gasteiger partial charge in [-0.3, -0.25) is 4.90 Å². The van der Waals surface area contributed by atoms with Gasteiger partial charge in [0.05, 0.1) is 6.54 Å². The van der Waals surface area contributed by atoms with Crippen molar-refractivity contribution in [1.82, 2.24) is 10.2 Å². The maximum Gasteiger partial charge on any atom is 0.118 e. The molecule has 2 heterocycles. The van der Waals surface area contributed by atoms with Crippen molar-refractivity contribution < 1.29 is 4.42 Å². The molecular formula is C17H30N2O. The Balaban J connectivity index is 1.95. The first-order chi connectivity index (χ1) is 9.35. The van der Waals surface area contributed by atoms with Gasteiger partial charge in [-0.2, -0.15) is 0 Å². The van der Waals surface area contributed by atoms with Crippen molar-refractivity contribution in [3.63, 3.8) is 0 Å². The highest BCUT2D eigenvalue weighted by Gasteiger charge is 2.26. The zero-order valence-corrected chi connectivity index (χ0v) is 13.8. The minimum Gasteiger partial charge on any atom is -0.465 e. The first-order valence-electron chi connectivity index (χ1n) is 7.90. The lowest BCUT2D eigenvalue weighted by atomic mass is 9.84. The van der Waals surface area contributed by atoms with E-state index in [1.54, 1.807) is 0 Å². The largest absolute Gasteiger partial charge is 0.465 e. The van der Waals surface area contributed by atoms with E-state index in [4.69, 9.17) is 4.42 Å². The van der Waals surface area contributed by atoms with Gasteiger partial charge in [0.2, 0.25) is 0 Å². The highest BCUT2D eigenvalue weighted by Crippen LogP contribution is 2.30. The Bertz CT molecular complexity index is 434. The second kappa shape index (κ2) is 6.31. The van der Waals surface area contributed by atoms with Crippen LogP contribution in [-0.2, 0) is 13.1 Å². The van der Waals surface area contributed by atoms with Gasteiger partial charge in [-0.15, -0.1) is 0 Å². The molecule has 0 aliphatic carbocycles. The molecule has 1 aromatic heterocycles. The van der Waals surface area contributed by atoms with Gasteiger partial charge in [0.1, 0.15) is 11.5 Å². The molecule has 1 aliphatic rings. The molecule has 1 aliphatic heterocycles. The third kappa shape index (κ3) is 4.35. The third-order valence-corrected chi connectivity index (χ3v) is 4.13. The Hall–Kier alpha value is -0.800. The quantitative estimate of drug-likeness (QED) is 0.890. The van der Waals surface area contributed by atoms with Crippen molar-refractivity contribution in [1.29, 1.82) is 0 Å². The van der Waals surface area contributed by atoms with Crippen LogP contribution in [0.15, 0.2) is 10.5 Å². The molecule has 0 saturated carbocycles. The lowest BCUT2D eigenvalue weighted by molar-refractivity contribution is 0.111. The molecule has 1 fully saturated rings. The number of hydrogen-bond donors (Lipinski definition) is 1. The summed E-state index contributed by atoms with van der Waals surface area (Å²) in [5, 5.41) is 3.41. The summed E-state index contributed by atoms with van der Waals surface area (Å²) in [6, 6.07) is 2.72. The molecular weight excluding hydrogens is 248 g/mol. The Labute approximate surface area is 123 Å². The lowest BCUT2D eigenvalue weighted by Crippen LogP contribution is -2.39. The Morgan fingerprint density at radius 3 is 2.80 bits per heavy atom. The molecule has 3 nitrogen and oxygen atoms in total. The highest BCUT2D eigenvalue weighted by atomic mass is 16.3. The standard InChI is InChI=1S/C17H30N2O/c1-13(2)18-10-16-9-15(14(3)20-16)11-19-8-6-7-17(4,5)12-19/h9,13,18H,6-8,10-12H2,1-5H3. The summed E-state index contributed by atoms with van der Waals surface area (Å²) in [6.07, 6.45) is 2.66. The van der Waals surface area contributed by atoms with Crippen LogP contribution in [0.25, 0.3) is 0 Å². The molecule has 114 valence electrons. The summed E-state index contributed by atoms with van der Waals surface area (Å²) in [4.78, 5) is 2.57. The number of rotatable bonds is 5. The van der Waals surface area contributed by atoms with E-state index in [1.807, 2.05) is 0 Å². The fraction of sp³-hybridized carbons (Fsp3) is 0.765. The molecule has 0 bridgehead atoms. The minimum absolute atomic E-state index is 0.456. The topological polar surface area (TPSA) is 28.4 Å². The van der Waals surface area contributed by atoms with Crippen LogP contribution in [-0.4, -0.2) is 24.0 Å². The van der Waals surface area contributed by atoms with Crippen molar-refractivity contribution in [3.05, 3.63) is 23.2 Å². The van der Waals surface area contributed by atoms with E-state index in [2.05, 4.69) is 50.9 Å². The molecule has 20 heavy (non-hydrogen) atoms. The van der Waals surface area contributed by atoms with Crippen molar-refractivity contribution in [3.8, 4) is 0 Å². The molecule has 0 radical (unpaired) electrons. The van der Waals surface area contributed by atoms with Gasteiger partial charge in [-0.25, -0.2) is 0 Å². The number of furan rings is 1. The first kappa shape index (κ1) is 15.6. The number of nitrogens with one attached hydrogen (secondary N) is 1. The normalized spacial score (nSPS) is 19.7. The number of piperidine rings is 1. The Kier molecular flexibility index (Phi) is 4.92. The first-order valence-corrected chi connectivity index (χ1v) is 7.90. The van der Waals surface area contributed by atoms with Gasteiger partial charge in [0, 0.05) is 24.7 Å². The lowest BCUT2D eigenvalue weighted by Gasteiger charge is -2.37. The van der Waals surface area contributed by atoms with E-state index in [0.29, 0.717) is 11.5 Å². The zero-order valence-electron chi connectivity index (χ0n) is 13.8. The van der Waals surface area contributed by atoms with Crippen LogP contribution in [0.3, 0.4) is 0 Å². The number of nitrogens with zero attached hydrogens (tertiary/aromatic N) is 1.